The number of carbonyl (C=O) groups excluding carboxylic acids is 1. The Morgan fingerprint density at radius 1 is 1.38 bits per heavy atom. The molecule has 0 aliphatic heterocycles. The number of rotatable bonds is 2. The second-order valence-electron chi connectivity index (χ2n) is 7.17. The van der Waals surface area contributed by atoms with Crippen LogP contribution in [0.3, 0.4) is 0 Å². The molecule has 0 radical (unpaired) electrons. The van der Waals surface area contributed by atoms with Gasteiger partial charge < -0.3 is 9.84 Å². The van der Waals surface area contributed by atoms with Crippen LogP contribution in [0.4, 0.5) is 0 Å². The van der Waals surface area contributed by atoms with Gasteiger partial charge in [-0.15, -0.1) is 0 Å². The van der Waals surface area contributed by atoms with Crippen molar-refractivity contribution in [1.29, 1.82) is 0 Å². The molecule has 4 heteroatoms. The highest BCUT2D eigenvalue weighted by Crippen LogP contribution is 2.66. The van der Waals surface area contributed by atoms with Crippen LogP contribution >= 0.6 is 15.9 Å². The lowest BCUT2D eigenvalue weighted by Gasteiger charge is -2.38. The van der Waals surface area contributed by atoms with E-state index in [1.54, 1.807) is 12.1 Å². The van der Waals surface area contributed by atoms with Gasteiger partial charge in [-0.3, -0.25) is 0 Å². The van der Waals surface area contributed by atoms with Gasteiger partial charge in [0.25, 0.3) is 0 Å². The maximum absolute atomic E-state index is 12.3. The summed E-state index contributed by atoms with van der Waals surface area (Å²) in [5.41, 5.74) is 0.685. The number of fused-ring (bicyclic) bond motifs is 2. The molecule has 0 heterocycles. The van der Waals surface area contributed by atoms with Crippen molar-refractivity contribution in [2.45, 2.75) is 46.1 Å². The molecule has 3 unspecified atom stereocenters. The molecule has 3 atom stereocenters. The van der Waals surface area contributed by atoms with Gasteiger partial charge in [0.2, 0.25) is 0 Å². The van der Waals surface area contributed by atoms with E-state index in [4.69, 9.17) is 4.74 Å². The third-order valence-electron chi connectivity index (χ3n) is 6.15. The van der Waals surface area contributed by atoms with Gasteiger partial charge in [-0.2, -0.15) is 0 Å². The number of ether oxygens (including phenoxy) is 1. The van der Waals surface area contributed by atoms with Gasteiger partial charge in [0, 0.05) is 5.41 Å². The summed E-state index contributed by atoms with van der Waals surface area (Å²) in [6.45, 7) is 6.84. The first-order valence-corrected chi connectivity index (χ1v) is 8.24. The molecule has 0 amide bonds. The van der Waals surface area contributed by atoms with Crippen molar-refractivity contribution in [3.05, 3.63) is 28.2 Å². The van der Waals surface area contributed by atoms with Crippen LogP contribution in [0.25, 0.3) is 0 Å². The van der Waals surface area contributed by atoms with Crippen molar-refractivity contribution in [3.8, 4) is 5.75 Å². The first-order chi connectivity index (χ1) is 9.75. The van der Waals surface area contributed by atoms with Gasteiger partial charge in [0.15, 0.2) is 0 Å². The quantitative estimate of drug-likeness (QED) is 0.795. The molecule has 2 bridgehead atoms. The van der Waals surface area contributed by atoms with E-state index < -0.39 is 0 Å². The summed E-state index contributed by atoms with van der Waals surface area (Å²) in [4.78, 5) is 12.3. The predicted octanol–water partition coefficient (Wildman–Crippen LogP) is 4.53. The Kier molecular flexibility index (Phi) is 3.36. The summed E-state index contributed by atoms with van der Waals surface area (Å²) in [6, 6.07) is 4.79. The zero-order chi connectivity index (χ0) is 15.4. The Hall–Kier alpha value is -1.03. The van der Waals surface area contributed by atoms with Crippen LogP contribution in [0.1, 0.15) is 50.4 Å². The van der Waals surface area contributed by atoms with Crippen LogP contribution in [0.5, 0.6) is 5.75 Å². The predicted molar refractivity (Wildman–Crippen MR) is 84.2 cm³/mol. The maximum atomic E-state index is 12.3. The monoisotopic (exact) mass is 352 g/mol. The number of esters is 1. The fourth-order valence-electron chi connectivity index (χ4n) is 4.15. The molecular formula is C17H21BrO3. The number of phenols is 1. The summed E-state index contributed by atoms with van der Waals surface area (Å²) < 4.78 is 6.38. The van der Waals surface area contributed by atoms with E-state index >= 15 is 0 Å². The number of hydrogen-bond acceptors (Lipinski definition) is 3. The molecule has 3 nitrogen and oxygen atoms in total. The van der Waals surface area contributed by atoms with E-state index in [-0.39, 0.29) is 28.7 Å². The summed E-state index contributed by atoms with van der Waals surface area (Å²) in [5, 5.41) is 9.69. The highest BCUT2D eigenvalue weighted by atomic mass is 79.9. The standard InChI is InChI=1S/C17H21BrO3/c1-16(2)11-6-7-17(16,3)14(9-11)21-15(20)10-4-5-12(18)13(19)8-10/h4-5,8,11,14,19H,6-7,9H2,1-3H3. The minimum Gasteiger partial charge on any atom is -0.507 e. The molecule has 0 spiro atoms. The van der Waals surface area contributed by atoms with Crippen molar-refractivity contribution in [2.75, 3.05) is 0 Å². The Bertz CT molecular complexity index is 596. The van der Waals surface area contributed by atoms with Crippen molar-refractivity contribution >= 4 is 21.9 Å². The zero-order valence-corrected chi connectivity index (χ0v) is 14.2. The minimum absolute atomic E-state index is 0.0236. The maximum Gasteiger partial charge on any atom is 0.338 e. The van der Waals surface area contributed by atoms with Gasteiger partial charge in [-0.25, -0.2) is 4.79 Å². The summed E-state index contributed by atoms with van der Waals surface area (Å²) >= 11 is 3.21. The van der Waals surface area contributed by atoms with E-state index in [0.29, 0.717) is 16.0 Å². The van der Waals surface area contributed by atoms with Crippen molar-refractivity contribution in [1.82, 2.24) is 0 Å². The lowest BCUT2D eigenvalue weighted by Crippen LogP contribution is -2.38. The Morgan fingerprint density at radius 3 is 2.62 bits per heavy atom. The molecule has 21 heavy (non-hydrogen) atoms. The smallest absolute Gasteiger partial charge is 0.338 e. The van der Waals surface area contributed by atoms with Crippen molar-refractivity contribution in [2.24, 2.45) is 16.7 Å². The molecule has 2 fully saturated rings. The fourth-order valence-corrected chi connectivity index (χ4v) is 4.39. The third-order valence-corrected chi connectivity index (χ3v) is 6.82. The number of aromatic hydroxyl groups is 1. The summed E-state index contributed by atoms with van der Waals surface area (Å²) in [5.74, 6) is 0.356. The van der Waals surface area contributed by atoms with Crippen LogP contribution in [0.15, 0.2) is 22.7 Å². The van der Waals surface area contributed by atoms with E-state index in [1.165, 1.54) is 12.5 Å². The Balaban J connectivity index is 1.79. The second kappa shape index (κ2) is 4.73. The number of halogens is 1. The highest BCUT2D eigenvalue weighted by molar-refractivity contribution is 9.10. The van der Waals surface area contributed by atoms with Crippen LogP contribution in [-0.4, -0.2) is 17.2 Å². The molecule has 0 aromatic heterocycles. The Morgan fingerprint density at radius 2 is 2.10 bits per heavy atom. The molecule has 0 saturated heterocycles. The van der Waals surface area contributed by atoms with Gasteiger partial charge in [-0.1, -0.05) is 20.8 Å². The molecule has 3 rings (SSSR count). The largest absolute Gasteiger partial charge is 0.507 e. The molecule has 1 aromatic rings. The third kappa shape index (κ3) is 2.10. The van der Waals surface area contributed by atoms with Crippen LogP contribution in [0.2, 0.25) is 0 Å². The average Bonchev–Trinajstić information content (AvgIpc) is 2.75. The van der Waals surface area contributed by atoms with Gasteiger partial charge in [0.1, 0.15) is 11.9 Å². The van der Waals surface area contributed by atoms with E-state index in [1.807, 2.05) is 0 Å². The molecule has 114 valence electrons. The average molecular weight is 353 g/mol. The molecular weight excluding hydrogens is 332 g/mol. The fraction of sp³-hybridized carbons (Fsp3) is 0.588. The Labute approximate surface area is 133 Å². The van der Waals surface area contributed by atoms with Gasteiger partial charge in [0.05, 0.1) is 10.0 Å². The van der Waals surface area contributed by atoms with Crippen LogP contribution in [0, 0.1) is 16.7 Å². The van der Waals surface area contributed by atoms with E-state index in [9.17, 15) is 9.90 Å². The SMILES string of the molecule is CC1(C)C2CCC1(C)C(OC(=O)c1ccc(Br)c(O)c1)C2. The van der Waals surface area contributed by atoms with Gasteiger partial charge in [-0.05, 0) is 64.7 Å². The minimum atomic E-state index is -0.340. The second-order valence-corrected chi connectivity index (χ2v) is 8.02. The first-order valence-electron chi connectivity index (χ1n) is 7.45. The van der Waals surface area contributed by atoms with Gasteiger partial charge >= 0.3 is 5.97 Å². The highest BCUT2D eigenvalue weighted by Gasteiger charge is 2.62. The molecule has 2 saturated carbocycles. The molecule has 2 aliphatic carbocycles. The number of carbonyl (C=O) groups is 1. The van der Waals surface area contributed by atoms with Crippen molar-refractivity contribution < 1.29 is 14.6 Å². The molecule has 1 N–H and O–H groups in total. The van der Waals surface area contributed by atoms with Crippen LogP contribution in [-0.2, 0) is 4.74 Å². The van der Waals surface area contributed by atoms with E-state index in [0.717, 1.165) is 12.8 Å². The number of phenolic OH excluding ortho intramolecular Hbond substituents is 1. The van der Waals surface area contributed by atoms with E-state index in [2.05, 4.69) is 36.7 Å². The molecule has 2 aliphatic rings. The first kappa shape index (κ1) is 14.9. The summed E-state index contributed by atoms with van der Waals surface area (Å²) in [7, 11) is 0. The summed E-state index contributed by atoms with van der Waals surface area (Å²) in [6.07, 6.45) is 3.28. The number of benzene rings is 1. The normalized spacial score (nSPS) is 33.1. The zero-order valence-electron chi connectivity index (χ0n) is 12.6. The van der Waals surface area contributed by atoms with Crippen LogP contribution < -0.4 is 0 Å². The lowest BCUT2D eigenvalue weighted by atomic mass is 9.70. The molecule has 1 aromatic carbocycles. The number of hydrogen-bond donors (Lipinski definition) is 1. The topological polar surface area (TPSA) is 46.5 Å². The lowest BCUT2D eigenvalue weighted by molar-refractivity contribution is -0.0242. The van der Waals surface area contributed by atoms with Crippen molar-refractivity contribution in [3.63, 3.8) is 0 Å².